The molecule has 2 fully saturated rings. The average Bonchev–Trinajstić information content (AvgIpc) is 2.46. The van der Waals surface area contributed by atoms with Gasteiger partial charge in [0.05, 0.1) is 0 Å². The third-order valence-electron chi connectivity index (χ3n) is 2.88. The summed E-state index contributed by atoms with van der Waals surface area (Å²) in [5.74, 6) is -1.03. The van der Waals surface area contributed by atoms with Gasteiger partial charge in [-0.3, -0.25) is 20.2 Å². The van der Waals surface area contributed by atoms with Gasteiger partial charge in [-0.05, 0) is 19.3 Å². The molecule has 1 heterocycles. The molecule has 0 aromatic rings. The van der Waals surface area contributed by atoms with E-state index in [1.54, 1.807) is 0 Å². The predicted octanol–water partition coefficient (Wildman–Crippen LogP) is -1.15. The molecular weight excluding hydrogens is 186 g/mol. The van der Waals surface area contributed by atoms with Crippen molar-refractivity contribution in [2.24, 2.45) is 11.1 Å². The number of amides is 4. The highest BCUT2D eigenvalue weighted by molar-refractivity contribution is 6.19. The molecule has 6 nitrogen and oxygen atoms in total. The largest absolute Gasteiger partial charge is 0.328 e. The van der Waals surface area contributed by atoms with Crippen molar-refractivity contribution in [2.75, 3.05) is 0 Å². The lowest BCUT2D eigenvalue weighted by Crippen LogP contribution is -2.61. The van der Waals surface area contributed by atoms with Crippen LogP contribution in [0.25, 0.3) is 0 Å². The Morgan fingerprint density at radius 3 is 2.21 bits per heavy atom. The van der Waals surface area contributed by atoms with Gasteiger partial charge in [0.1, 0.15) is 5.41 Å². The number of rotatable bonds is 0. The minimum atomic E-state index is -1.10. The number of carbonyl (C=O) groups is 3. The summed E-state index contributed by atoms with van der Waals surface area (Å²) in [4.78, 5) is 33.9. The molecule has 0 unspecified atom stereocenters. The van der Waals surface area contributed by atoms with E-state index < -0.39 is 23.3 Å². The first-order valence-corrected chi connectivity index (χ1v) is 4.47. The van der Waals surface area contributed by atoms with Gasteiger partial charge in [-0.25, -0.2) is 4.79 Å². The molecule has 0 aromatic heterocycles. The van der Waals surface area contributed by atoms with Crippen molar-refractivity contribution >= 4 is 17.8 Å². The molecule has 1 saturated carbocycles. The molecule has 1 spiro atoms. The lowest BCUT2D eigenvalue weighted by molar-refractivity contribution is -0.144. The maximum atomic E-state index is 11.5. The second-order valence-electron chi connectivity index (χ2n) is 3.82. The van der Waals surface area contributed by atoms with Crippen molar-refractivity contribution in [3.8, 4) is 0 Å². The highest BCUT2D eigenvalue weighted by Crippen LogP contribution is 2.39. The van der Waals surface area contributed by atoms with Crippen LogP contribution in [-0.4, -0.2) is 23.9 Å². The number of carbonyl (C=O) groups excluding carboxylic acids is 3. The van der Waals surface area contributed by atoms with Crippen LogP contribution in [0.1, 0.15) is 19.3 Å². The van der Waals surface area contributed by atoms with Gasteiger partial charge in [0.2, 0.25) is 11.8 Å². The summed E-state index contributed by atoms with van der Waals surface area (Å²) in [6, 6.07) is -0.884. The Labute approximate surface area is 80.2 Å². The van der Waals surface area contributed by atoms with Crippen LogP contribution in [0, 0.1) is 5.41 Å². The predicted molar refractivity (Wildman–Crippen MR) is 45.9 cm³/mol. The van der Waals surface area contributed by atoms with Gasteiger partial charge in [-0.2, -0.15) is 0 Å². The molecule has 76 valence electrons. The molecule has 1 saturated heterocycles. The maximum Gasteiger partial charge on any atom is 0.328 e. The molecule has 1 aliphatic carbocycles. The summed E-state index contributed by atoms with van der Waals surface area (Å²) in [6.45, 7) is 0. The fourth-order valence-corrected chi connectivity index (χ4v) is 2.08. The quantitative estimate of drug-likeness (QED) is 0.427. The standard InChI is InChI=1S/C8H11N3O3/c9-4-1-2-8(3-4)5(12)10-7(14)11-6(8)13/h4H,1-3,9H2,(H2,10,11,12,13,14)/t4-/m1/s1. The van der Waals surface area contributed by atoms with Gasteiger partial charge in [-0.15, -0.1) is 0 Å². The van der Waals surface area contributed by atoms with E-state index in [4.69, 9.17) is 5.73 Å². The summed E-state index contributed by atoms with van der Waals surface area (Å²) >= 11 is 0. The first-order valence-electron chi connectivity index (χ1n) is 4.47. The third kappa shape index (κ3) is 1.11. The van der Waals surface area contributed by atoms with Crippen LogP contribution in [0.5, 0.6) is 0 Å². The summed E-state index contributed by atoms with van der Waals surface area (Å²) in [5, 5.41) is 4.20. The monoisotopic (exact) mass is 197 g/mol. The van der Waals surface area contributed by atoms with Crippen LogP contribution in [0.4, 0.5) is 4.79 Å². The van der Waals surface area contributed by atoms with Crippen molar-refractivity contribution in [3.05, 3.63) is 0 Å². The zero-order chi connectivity index (χ0) is 10.3. The number of barbiturate groups is 1. The van der Waals surface area contributed by atoms with Crippen LogP contribution in [0.3, 0.4) is 0 Å². The fourth-order valence-electron chi connectivity index (χ4n) is 2.08. The van der Waals surface area contributed by atoms with Gasteiger partial charge in [-0.1, -0.05) is 0 Å². The molecule has 0 aromatic carbocycles. The van der Waals surface area contributed by atoms with E-state index in [1.807, 2.05) is 0 Å². The van der Waals surface area contributed by atoms with Crippen molar-refractivity contribution in [3.63, 3.8) is 0 Å². The van der Waals surface area contributed by atoms with E-state index in [9.17, 15) is 14.4 Å². The molecule has 6 heteroatoms. The van der Waals surface area contributed by atoms with Crippen molar-refractivity contribution < 1.29 is 14.4 Å². The van der Waals surface area contributed by atoms with E-state index in [0.29, 0.717) is 19.3 Å². The zero-order valence-electron chi connectivity index (χ0n) is 7.50. The van der Waals surface area contributed by atoms with Crippen LogP contribution in [0.15, 0.2) is 0 Å². The number of nitrogens with two attached hydrogens (primary N) is 1. The Morgan fingerprint density at radius 2 is 1.79 bits per heavy atom. The second kappa shape index (κ2) is 2.78. The molecule has 4 N–H and O–H groups in total. The molecule has 14 heavy (non-hydrogen) atoms. The normalized spacial score (nSPS) is 30.4. The minimum absolute atomic E-state index is 0.139. The summed E-state index contributed by atoms with van der Waals surface area (Å²) < 4.78 is 0. The molecule has 0 radical (unpaired) electrons. The zero-order valence-corrected chi connectivity index (χ0v) is 7.50. The van der Waals surface area contributed by atoms with Gasteiger partial charge in [0.25, 0.3) is 0 Å². The summed E-state index contributed by atoms with van der Waals surface area (Å²) in [5.41, 5.74) is 4.55. The lowest BCUT2D eigenvalue weighted by Gasteiger charge is -2.29. The summed E-state index contributed by atoms with van der Waals surface area (Å²) in [7, 11) is 0. The number of urea groups is 1. The van der Waals surface area contributed by atoms with Gasteiger partial charge < -0.3 is 5.73 Å². The van der Waals surface area contributed by atoms with Gasteiger partial charge >= 0.3 is 6.03 Å². The number of hydrogen-bond acceptors (Lipinski definition) is 4. The smallest absolute Gasteiger partial charge is 0.328 e. The van der Waals surface area contributed by atoms with E-state index in [1.165, 1.54) is 0 Å². The van der Waals surface area contributed by atoms with Gasteiger partial charge in [0.15, 0.2) is 0 Å². The Kier molecular flexibility index (Phi) is 1.81. The Bertz CT molecular complexity index is 306. The SMILES string of the molecule is N[C@@H]1CCC2(C1)C(=O)NC(=O)NC2=O. The first kappa shape index (κ1) is 9.14. The topological polar surface area (TPSA) is 101 Å². The maximum absolute atomic E-state index is 11.5. The van der Waals surface area contributed by atoms with E-state index >= 15 is 0 Å². The minimum Gasteiger partial charge on any atom is -0.328 e. The van der Waals surface area contributed by atoms with E-state index in [2.05, 4.69) is 10.6 Å². The van der Waals surface area contributed by atoms with Gasteiger partial charge in [0, 0.05) is 6.04 Å². The Morgan fingerprint density at radius 1 is 1.21 bits per heavy atom. The average molecular weight is 197 g/mol. The van der Waals surface area contributed by atoms with Crippen LogP contribution in [-0.2, 0) is 9.59 Å². The molecule has 4 amide bonds. The Balaban J connectivity index is 2.29. The molecule has 0 bridgehead atoms. The van der Waals surface area contributed by atoms with Crippen LogP contribution in [0.2, 0.25) is 0 Å². The van der Waals surface area contributed by atoms with Crippen LogP contribution >= 0.6 is 0 Å². The lowest BCUT2D eigenvalue weighted by atomic mass is 9.82. The van der Waals surface area contributed by atoms with Crippen molar-refractivity contribution in [2.45, 2.75) is 25.3 Å². The Hall–Kier alpha value is -1.43. The number of hydrogen-bond donors (Lipinski definition) is 3. The molecular formula is C8H11N3O3. The number of nitrogens with one attached hydrogen (secondary N) is 2. The van der Waals surface area contributed by atoms with Crippen molar-refractivity contribution in [1.29, 1.82) is 0 Å². The number of imide groups is 2. The van der Waals surface area contributed by atoms with Crippen LogP contribution < -0.4 is 16.4 Å². The third-order valence-corrected chi connectivity index (χ3v) is 2.88. The second-order valence-corrected chi connectivity index (χ2v) is 3.82. The summed E-state index contributed by atoms with van der Waals surface area (Å²) in [6.07, 6.45) is 1.37. The fraction of sp³-hybridized carbons (Fsp3) is 0.625. The first-order chi connectivity index (χ1) is 6.54. The van der Waals surface area contributed by atoms with E-state index in [-0.39, 0.29) is 6.04 Å². The highest BCUT2D eigenvalue weighted by Gasteiger charge is 2.53. The highest BCUT2D eigenvalue weighted by atomic mass is 16.2. The molecule has 1 atom stereocenters. The molecule has 2 aliphatic rings. The van der Waals surface area contributed by atoms with Crippen molar-refractivity contribution in [1.82, 2.24) is 10.6 Å². The molecule has 2 rings (SSSR count). The molecule has 1 aliphatic heterocycles. The van der Waals surface area contributed by atoms with E-state index in [0.717, 1.165) is 0 Å².